The monoisotopic (exact) mass is 400 g/mol. The normalized spacial score (nSPS) is 11.3. The Balaban J connectivity index is 1.69. The molecule has 2 aromatic carbocycles. The summed E-state index contributed by atoms with van der Waals surface area (Å²) in [5.41, 5.74) is 2.97. The lowest BCUT2D eigenvalue weighted by Gasteiger charge is -2.09. The summed E-state index contributed by atoms with van der Waals surface area (Å²) >= 11 is 0. The minimum atomic E-state index is -2.89. The van der Waals surface area contributed by atoms with Crippen LogP contribution in [0.4, 0.5) is 8.78 Å². The van der Waals surface area contributed by atoms with Crippen LogP contribution in [0.3, 0.4) is 0 Å². The number of carbonyl (C=O) groups is 1. The largest absolute Gasteiger partial charge is 0.458 e. The average molecular weight is 400 g/mol. The van der Waals surface area contributed by atoms with Crippen molar-refractivity contribution in [2.75, 3.05) is 0 Å². The second-order valence-electron chi connectivity index (χ2n) is 6.36. The summed E-state index contributed by atoms with van der Waals surface area (Å²) in [4.78, 5) is 23.8. The molecule has 1 aromatic heterocycles. The third kappa shape index (κ3) is 5.07. The number of esters is 1. The Labute approximate surface area is 165 Å². The lowest BCUT2D eigenvalue weighted by Crippen LogP contribution is -2.06. The maximum atomic E-state index is 12.1. The second kappa shape index (κ2) is 8.68. The van der Waals surface area contributed by atoms with Gasteiger partial charge in [0.25, 0.3) is 0 Å². The molecule has 0 saturated carbocycles. The zero-order valence-corrected chi connectivity index (χ0v) is 15.8. The van der Waals surface area contributed by atoms with Crippen LogP contribution in [0.5, 0.6) is 5.75 Å². The Morgan fingerprint density at radius 2 is 1.86 bits per heavy atom. The summed E-state index contributed by atoms with van der Waals surface area (Å²) in [6, 6.07) is 10.8. The number of hydrogen-bond donors (Lipinski definition) is 0. The first kappa shape index (κ1) is 20.3. The number of benzene rings is 2. The van der Waals surface area contributed by atoms with Gasteiger partial charge in [-0.3, -0.25) is 0 Å². The molecule has 0 aliphatic heterocycles. The third-order valence-corrected chi connectivity index (χ3v) is 4.40. The topological polar surface area (TPSA) is 65.7 Å². The Morgan fingerprint density at radius 3 is 2.55 bits per heavy atom. The van der Waals surface area contributed by atoms with Gasteiger partial charge in [-0.2, -0.15) is 8.78 Å². The zero-order valence-electron chi connectivity index (χ0n) is 15.8. The molecule has 0 bridgehead atoms. The fraction of sp³-hybridized carbons (Fsp3) is 0.182. The van der Waals surface area contributed by atoms with E-state index >= 15 is 0 Å². The summed E-state index contributed by atoms with van der Waals surface area (Å²) in [6.45, 7) is 0.792. The van der Waals surface area contributed by atoms with Gasteiger partial charge in [0.15, 0.2) is 0 Å². The standard InChI is InChI=1S/C22H18F2O5/c1-13-3-9-18-16(11-20(26)29-21(18)14(13)2)12-27-19(25)10-6-15-4-7-17(8-5-15)28-22(23)24/h3-11,22H,12H2,1-2H3/b10-6+. The Kier molecular flexibility index (Phi) is 6.07. The number of rotatable bonds is 6. The summed E-state index contributed by atoms with van der Waals surface area (Å²) in [5.74, 6) is -0.580. The minimum absolute atomic E-state index is 0.0278. The lowest BCUT2D eigenvalue weighted by molar-refractivity contribution is -0.138. The molecular weight excluding hydrogens is 382 g/mol. The van der Waals surface area contributed by atoms with Crippen LogP contribution < -0.4 is 10.4 Å². The van der Waals surface area contributed by atoms with E-state index in [0.29, 0.717) is 22.1 Å². The first-order chi connectivity index (χ1) is 13.8. The van der Waals surface area contributed by atoms with E-state index in [1.165, 1.54) is 42.5 Å². The van der Waals surface area contributed by atoms with Gasteiger partial charge in [0.05, 0.1) is 0 Å². The molecule has 7 heteroatoms. The molecule has 0 N–H and O–H groups in total. The average Bonchev–Trinajstić information content (AvgIpc) is 2.68. The van der Waals surface area contributed by atoms with E-state index in [-0.39, 0.29) is 12.4 Å². The maximum Gasteiger partial charge on any atom is 0.387 e. The molecule has 0 atom stereocenters. The molecule has 0 aliphatic carbocycles. The van der Waals surface area contributed by atoms with Crippen molar-refractivity contribution in [1.29, 1.82) is 0 Å². The minimum Gasteiger partial charge on any atom is -0.458 e. The third-order valence-electron chi connectivity index (χ3n) is 4.40. The van der Waals surface area contributed by atoms with E-state index in [9.17, 15) is 18.4 Å². The fourth-order valence-corrected chi connectivity index (χ4v) is 2.77. The second-order valence-corrected chi connectivity index (χ2v) is 6.36. The van der Waals surface area contributed by atoms with Crippen molar-refractivity contribution < 1.29 is 27.5 Å². The van der Waals surface area contributed by atoms with Gasteiger partial charge in [-0.15, -0.1) is 0 Å². The van der Waals surface area contributed by atoms with E-state index in [4.69, 9.17) is 9.15 Å². The number of alkyl halides is 2. The lowest BCUT2D eigenvalue weighted by atomic mass is 10.0. The van der Waals surface area contributed by atoms with Crippen molar-refractivity contribution in [2.24, 2.45) is 0 Å². The highest BCUT2D eigenvalue weighted by Gasteiger charge is 2.11. The predicted molar refractivity (Wildman–Crippen MR) is 104 cm³/mol. The van der Waals surface area contributed by atoms with Gasteiger partial charge >= 0.3 is 18.2 Å². The van der Waals surface area contributed by atoms with Gasteiger partial charge in [0, 0.05) is 23.1 Å². The number of hydrogen-bond acceptors (Lipinski definition) is 5. The number of aryl methyl sites for hydroxylation is 2. The molecule has 0 spiro atoms. The zero-order chi connectivity index (χ0) is 21.0. The molecule has 0 fully saturated rings. The highest BCUT2D eigenvalue weighted by Crippen LogP contribution is 2.23. The van der Waals surface area contributed by atoms with E-state index in [2.05, 4.69) is 4.74 Å². The Bertz CT molecular complexity index is 1110. The molecule has 0 amide bonds. The highest BCUT2D eigenvalue weighted by atomic mass is 19.3. The van der Waals surface area contributed by atoms with E-state index < -0.39 is 18.2 Å². The van der Waals surface area contributed by atoms with Crippen LogP contribution in [-0.2, 0) is 16.1 Å². The van der Waals surface area contributed by atoms with Crippen LogP contribution in [0.15, 0.2) is 57.8 Å². The summed E-state index contributed by atoms with van der Waals surface area (Å²) < 4.78 is 39.1. The molecule has 3 rings (SSSR count). The first-order valence-electron chi connectivity index (χ1n) is 8.76. The van der Waals surface area contributed by atoms with E-state index in [1.807, 2.05) is 26.0 Å². The Hall–Kier alpha value is -3.48. The van der Waals surface area contributed by atoms with Crippen LogP contribution in [0.1, 0.15) is 22.3 Å². The van der Waals surface area contributed by atoms with Crippen molar-refractivity contribution in [2.45, 2.75) is 27.1 Å². The van der Waals surface area contributed by atoms with Gasteiger partial charge < -0.3 is 13.9 Å². The quantitative estimate of drug-likeness (QED) is 0.339. The SMILES string of the molecule is Cc1ccc2c(COC(=O)/C=C/c3ccc(OC(F)F)cc3)cc(=O)oc2c1C. The van der Waals surface area contributed by atoms with Gasteiger partial charge in [-0.1, -0.05) is 24.3 Å². The number of fused-ring (bicyclic) bond motifs is 1. The molecule has 1 heterocycles. The predicted octanol–water partition coefficient (Wildman–Crippen LogP) is 4.77. The highest BCUT2D eigenvalue weighted by molar-refractivity contribution is 5.88. The summed E-state index contributed by atoms with van der Waals surface area (Å²) in [5, 5.41) is 0.707. The number of ether oxygens (including phenoxy) is 2. The van der Waals surface area contributed by atoms with Crippen molar-refractivity contribution in [3.05, 3.63) is 81.2 Å². The molecule has 0 radical (unpaired) electrons. The van der Waals surface area contributed by atoms with Crippen molar-refractivity contribution in [1.82, 2.24) is 0 Å². The molecule has 5 nitrogen and oxygen atoms in total. The van der Waals surface area contributed by atoms with Crippen LogP contribution >= 0.6 is 0 Å². The number of halogens is 2. The molecule has 3 aromatic rings. The molecule has 29 heavy (non-hydrogen) atoms. The van der Waals surface area contributed by atoms with Gasteiger partial charge in [0.1, 0.15) is 17.9 Å². The van der Waals surface area contributed by atoms with Gasteiger partial charge in [-0.05, 0) is 48.7 Å². The Morgan fingerprint density at radius 1 is 1.14 bits per heavy atom. The van der Waals surface area contributed by atoms with Crippen LogP contribution in [-0.4, -0.2) is 12.6 Å². The van der Waals surface area contributed by atoms with Gasteiger partial charge in [0.2, 0.25) is 0 Å². The van der Waals surface area contributed by atoms with Crippen LogP contribution in [0.25, 0.3) is 17.0 Å². The maximum absolute atomic E-state index is 12.1. The van der Waals surface area contributed by atoms with Crippen molar-refractivity contribution in [3.8, 4) is 5.75 Å². The van der Waals surface area contributed by atoms with E-state index in [0.717, 1.165) is 11.1 Å². The van der Waals surface area contributed by atoms with Crippen molar-refractivity contribution in [3.63, 3.8) is 0 Å². The molecule has 0 unspecified atom stereocenters. The fourth-order valence-electron chi connectivity index (χ4n) is 2.77. The van der Waals surface area contributed by atoms with Crippen LogP contribution in [0, 0.1) is 13.8 Å². The number of carbonyl (C=O) groups excluding carboxylic acids is 1. The van der Waals surface area contributed by atoms with E-state index in [1.54, 1.807) is 0 Å². The molecule has 0 aliphatic rings. The molecule has 0 saturated heterocycles. The van der Waals surface area contributed by atoms with Crippen LogP contribution in [0.2, 0.25) is 0 Å². The molecule has 150 valence electrons. The first-order valence-corrected chi connectivity index (χ1v) is 8.76. The smallest absolute Gasteiger partial charge is 0.387 e. The van der Waals surface area contributed by atoms with Gasteiger partial charge in [-0.25, -0.2) is 9.59 Å². The molecular formula is C22H18F2O5. The van der Waals surface area contributed by atoms with Crippen molar-refractivity contribution >= 4 is 23.0 Å². The summed E-state index contributed by atoms with van der Waals surface area (Å²) in [6.07, 6.45) is 2.70. The summed E-state index contributed by atoms with van der Waals surface area (Å²) in [7, 11) is 0.